The fourth-order valence-corrected chi connectivity index (χ4v) is 3.10. The Bertz CT molecular complexity index is 555. The molecule has 1 aliphatic rings. The molecule has 1 aromatic rings. The summed E-state index contributed by atoms with van der Waals surface area (Å²) < 4.78 is 0. The maximum atomic E-state index is 12.9. The molecule has 1 atom stereocenters. The molecule has 2 amide bonds. The largest absolute Gasteiger partial charge is 0.353 e. The van der Waals surface area contributed by atoms with Crippen molar-refractivity contribution in [2.45, 2.75) is 58.9 Å². The molecule has 1 aliphatic heterocycles. The van der Waals surface area contributed by atoms with E-state index in [4.69, 9.17) is 0 Å². The molecule has 0 aliphatic carbocycles. The van der Waals surface area contributed by atoms with Gasteiger partial charge in [0.2, 0.25) is 11.8 Å². The number of likely N-dealkylation sites (tertiary alicyclic amines) is 1. The van der Waals surface area contributed by atoms with E-state index in [9.17, 15) is 9.59 Å². The average Bonchev–Trinajstić information content (AvgIpc) is 2.56. The molecule has 1 aromatic carbocycles. The number of carbonyl (C=O) groups excluding carboxylic acids is 2. The van der Waals surface area contributed by atoms with Gasteiger partial charge in [0.1, 0.15) is 0 Å². The number of piperidine rings is 1. The molecule has 1 N–H and O–H groups in total. The van der Waals surface area contributed by atoms with Crippen molar-refractivity contribution in [2.24, 2.45) is 5.41 Å². The summed E-state index contributed by atoms with van der Waals surface area (Å²) in [6, 6.07) is 10.2. The first kappa shape index (κ1) is 18.5. The van der Waals surface area contributed by atoms with E-state index in [-0.39, 0.29) is 29.2 Å². The Hall–Kier alpha value is -1.84. The molecule has 1 fully saturated rings. The Balaban J connectivity index is 1.91. The molecule has 24 heavy (non-hydrogen) atoms. The molecule has 0 saturated carbocycles. The van der Waals surface area contributed by atoms with Crippen molar-refractivity contribution in [2.75, 3.05) is 13.1 Å². The van der Waals surface area contributed by atoms with Crippen LogP contribution < -0.4 is 5.32 Å². The zero-order chi connectivity index (χ0) is 17.7. The van der Waals surface area contributed by atoms with E-state index in [1.807, 2.05) is 56.0 Å². The zero-order valence-electron chi connectivity index (χ0n) is 15.3. The van der Waals surface area contributed by atoms with Gasteiger partial charge in [0.05, 0.1) is 5.92 Å². The van der Waals surface area contributed by atoms with Gasteiger partial charge in [0.25, 0.3) is 0 Å². The number of hydrogen-bond acceptors (Lipinski definition) is 2. The molecule has 132 valence electrons. The van der Waals surface area contributed by atoms with Crippen LogP contribution in [0, 0.1) is 5.41 Å². The third-order valence-corrected chi connectivity index (χ3v) is 4.73. The third-order valence-electron chi connectivity index (χ3n) is 4.73. The van der Waals surface area contributed by atoms with Gasteiger partial charge in [-0.15, -0.1) is 0 Å². The van der Waals surface area contributed by atoms with Crippen LogP contribution in [0.15, 0.2) is 30.3 Å². The molecule has 4 nitrogen and oxygen atoms in total. The number of rotatable bonds is 4. The second-order valence-electron chi connectivity index (χ2n) is 7.69. The summed E-state index contributed by atoms with van der Waals surface area (Å²) in [6.45, 7) is 9.27. The highest BCUT2D eigenvalue weighted by molar-refractivity contribution is 5.84. The summed E-state index contributed by atoms with van der Waals surface area (Å²) in [5.74, 6) is 0.235. The van der Waals surface area contributed by atoms with E-state index in [2.05, 4.69) is 12.2 Å². The second-order valence-corrected chi connectivity index (χ2v) is 7.69. The van der Waals surface area contributed by atoms with Gasteiger partial charge in [-0.2, -0.15) is 0 Å². The number of amides is 2. The highest BCUT2D eigenvalue weighted by Gasteiger charge is 2.30. The Morgan fingerprint density at radius 3 is 2.25 bits per heavy atom. The topological polar surface area (TPSA) is 49.4 Å². The number of nitrogens with zero attached hydrogens (tertiary/aromatic N) is 1. The van der Waals surface area contributed by atoms with Crippen LogP contribution in [0.2, 0.25) is 0 Å². The highest BCUT2D eigenvalue weighted by atomic mass is 16.2. The van der Waals surface area contributed by atoms with Crippen molar-refractivity contribution in [1.82, 2.24) is 10.2 Å². The molecule has 1 heterocycles. The lowest BCUT2D eigenvalue weighted by atomic mass is 9.92. The van der Waals surface area contributed by atoms with E-state index in [1.165, 1.54) is 0 Å². The Morgan fingerprint density at radius 1 is 1.17 bits per heavy atom. The molecular weight excluding hydrogens is 300 g/mol. The van der Waals surface area contributed by atoms with Crippen molar-refractivity contribution in [3.05, 3.63) is 35.9 Å². The summed E-state index contributed by atoms with van der Waals surface area (Å²) in [5.41, 5.74) is 0.723. The lowest BCUT2D eigenvalue weighted by Crippen LogP contribution is -2.49. The SMILES string of the molecule is CCC(C(=O)N1CCC(NC(=O)C(C)(C)C)CC1)c1ccccc1. The lowest BCUT2D eigenvalue weighted by Gasteiger charge is -2.35. The van der Waals surface area contributed by atoms with Crippen molar-refractivity contribution in [1.29, 1.82) is 0 Å². The molecule has 1 unspecified atom stereocenters. The number of hydrogen-bond donors (Lipinski definition) is 1. The minimum absolute atomic E-state index is 0.0630. The average molecular weight is 330 g/mol. The number of benzene rings is 1. The fraction of sp³-hybridized carbons (Fsp3) is 0.600. The maximum absolute atomic E-state index is 12.9. The Morgan fingerprint density at radius 2 is 1.75 bits per heavy atom. The first-order chi connectivity index (χ1) is 11.3. The smallest absolute Gasteiger partial charge is 0.230 e. The molecule has 4 heteroatoms. The zero-order valence-corrected chi connectivity index (χ0v) is 15.3. The summed E-state index contributed by atoms with van der Waals surface area (Å²) in [5, 5.41) is 3.12. The number of nitrogens with one attached hydrogen (secondary N) is 1. The normalized spacial score (nSPS) is 17.4. The van der Waals surface area contributed by atoms with E-state index in [0.29, 0.717) is 0 Å². The lowest BCUT2D eigenvalue weighted by molar-refractivity contribution is -0.134. The van der Waals surface area contributed by atoms with E-state index < -0.39 is 0 Å². The van der Waals surface area contributed by atoms with Crippen molar-refractivity contribution in [3.8, 4) is 0 Å². The quantitative estimate of drug-likeness (QED) is 0.920. The first-order valence-electron chi connectivity index (χ1n) is 8.97. The maximum Gasteiger partial charge on any atom is 0.230 e. The molecule has 0 aromatic heterocycles. The van der Waals surface area contributed by atoms with Crippen LogP contribution in [0.5, 0.6) is 0 Å². The van der Waals surface area contributed by atoms with E-state index in [1.54, 1.807) is 0 Å². The highest BCUT2D eigenvalue weighted by Crippen LogP contribution is 2.24. The van der Waals surface area contributed by atoms with Crippen molar-refractivity contribution in [3.63, 3.8) is 0 Å². The van der Waals surface area contributed by atoms with Crippen LogP contribution in [0.1, 0.15) is 58.4 Å². The van der Waals surface area contributed by atoms with Crippen LogP contribution in [0.3, 0.4) is 0 Å². The summed E-state index contributed by atoms with van der Waals surface area (Å²) in [7, 11) is 0. The summed E-state index contributed by atoms with van der Waals surface area (Å²) in [6.07, 6.45) is 2.47. The monoisotopic (exact) mass is 330 g/mol. The van der Waals surface area contributed by atoms with Crippen LogP contribution in [0.25, 0.3) is 0 Å². The van der Waals surface area contributed by atoms with Gasteiger partial charge in [-0.05, 0) is 24.8 Å². The number of carbonyl (C=O) groups is 2. The summed E-state index contributed by atoms with van der Waals surface area (Å²) >= 11 is 0. The van der Waals surface area contributed by atoms with Gasteiger partial charge in [-0.25, -0.2) is 0 Å². The predicted octanol–water partition coefficient (Wildman–Crippen LogP) is 3.33. The van der Waals surface area contributed by atoms with Gasteiger partial charge in [0, 0.05) is 24.5 Å². The van der Waals surface area contributed by atoms with E-state index >= 15 is 0 Å². The van der Waals surface area contributed by atoms with Gasteiger partial charge >= 0.3 is 0 Å². The standard InChI is InChI=1S/C20H30N2O2/c1-5-17(15-9-7-6-8-10-15)18(23)22-13-11-16(12-14-22)21-19(24)20(2,3)4/h6-10,16-17H,5,11-14H2,1-4H3,(H,21,24). The van der Waals surface area contributed by atoms with Crippen LogP contribution in [-0.4, -0.2) is 35.8 Å². The minimum atomic E-state index is -0.367. The van der Waals surface area contributed by atoms with Crippen LogP contribution in [-0.2, 0) is 9.59 Å². The first-order valence-corrected chi connectivity index (χ1v) is 8.97. The van der Waals surface area contributed by atoms with Crippen LogP contribution >= 0.6 is 0 Å². The summed E-state index contributed by atoms with van der Waals surface area (Å²) in [4.78, 5) is 26.9. The Labute approximate surface area is 145 Å². The predicted molar refractivity (Wildman–Crippen MR) is 96.7 cm³/mol. The van der Waals surface area contributed by atoms with Crippen LogP contribution in [0.4, 0.5) is 0 Å². The van der Waals surface area contributed by atoms with Crippen molar-refractivity contribution < 1.29 is 9.59 Å². The van der Waals surface area contributed by atoms with Gasteiger partial charge < -0.3 is 10.2 Å². The van der Waals surface area contributed by atoms with Gasteiger partial charge in [-0.1, -0.05) is 58.0 Å². The molecule has 0 bridgehead atoms. The molecule has 0 spiro atoms. The minimum Gasteiger partial charge on any atom is -0.353 e. The second kappa shape index (κ2) is 7.82. The molecular formula is C20H30N2O2. The molecule has 0 radical (unpaired) electrons. The van der Waals surface area contributed by atoms with E-state index in [0.717, 1.165) is 37.9 Å². The van der Waals surface area contributed by atoms with Gasteiger partial charge in [-0.3, -0.25) is 9.59 Å². The third kappa shape index (κ3) is 4.59. The molecule has 1 saturated heterocycles. The van der Waals surface area contributed by atoms with Gasteiger partial charge in [0.15, 0.2) is 0 Å². The Kier molecular flexibility index (Phi) is 6.03. The fourth-order valence-electron chi connectivity index (χ4n) is 3.10. The molecule has 2 rings (SSSR count). The van der Waals surface area contributed by atoms with Crippen molar-refractivity contribution >= 4 is 11.8 Å².